The molecular formula is C15H20N4. The van der Waals surface area contributed by atoms with E-state index in [0.29, 0.717) is 11.9 Å². The molecule has 0 saturated heterocycles. The van der Waals surface area contributed by atoms with Crippen molar-refractivity contribution >= 4 is 11.5 Å². The lowest BCUT2D eigenvalue weighted by Gasteiger charge is -2.22. The Labute approximate surface area is 114 Å². The number of nitrogens with one attached hydrogen (secondary N) is 2. The summed E-state index contributed by atoms with van der Waals surface area (Å²) < 4.78 is 0. The molecule has 4 heteroatoms. The highest BCUT2D eigenvalue weighted by atomic mass is 15.1. The summed E-state index contributed by atoms with van der Waals surface area (Å²) in [7, 11) is 0. The number of aryl methyl sites for hydroxylation is 1. The highest BCUT2D eigenvalue weighted by molar-refractivity contribution is 5.69. The van der Waals surface area contributed by atoms with Gasteiger partial charge in [0.05, 0.1) is 11.4 Å². The molecule has 0 radical (unpaired) electrons. The van der Waals surface area contributed by atoms with Crippen molar-refractivity contribution in [2.45, 2.75) is 51.5 Å². The van der Waals surface area contributed by atoms with Crippen LogP contribution in [0.1, 0.15) is 50.5 Å². The lowest BCUT2D eigenvalue weighted by atomic mass is 10.1. The molecule has 19 heavy (non-hydrogen) atoms. The SMILES string of the molecule is CC#Cc1nc2c(c(NC3CCCC3)n1)NCCC2. The zero-order valence-corrected chi connectivity index (χ0v) is 11.4. The molecule has 1 aliphatic carbocycles. The van der Waals surface area contributed by atoms with Crippen molar-refractivity contribution < 1.29 is 0 Å². The van der Waals surface area contributed by atoms with E-state index in [1.165, 1.54) is 25.7 Å². The van der Waals surface area contributed by atoms with Gasteiger partial charge in [-0.2, -0.15) is 0 Å². The molecule has 0 aromatic carbocycles. The van der Waals surface area contributed by atoms with Gasteiger partial charge in [0.1, 0.15) is 0 Å². The van der Waals surface area contributed by atoms with Crippen LogP contribution in [-0.2, 0) is 6.42 Å². The first kappa shape index (κ1) is 12.3. The van der Waals surface area contributed by atoms with Gasteiger partial charge < -0.3 is 10.6 Å². The van der Waals surface area contributed by atoms with Crippen molar-refractivity contribution in [3.8, 4) is 11.8 Å². The number of anilines is 2. The van der Waals surface area contributed by atoms with E-state index in [-0.39, 0.29) is 0 Å². The zero-order chi connectivity index (χ0) is 13.1. The first-order valence-corrected chi connectivity index (χ1v) is 7.21. The third-order valence-corrected chi connectivity index (χ3v) is 3.81. The average Bonchev–Trinajstić information content (AvgIpc) is 2.92. The first-order valence-electron chi connectivity index (χ1n) is 7.21. The summed E-state index contributed by atoms with van der Waals surface area (Å²) in [4.78, 5) is 9.13. The summed E-state index contributed by atoms with van der Waals surface area (Å²) in [5.74, 6) is 7.47. The Kier molecular flexibility index (Phi) is 3.54. The van der Waals surface area contributed by atoms with E-state index in [0.717, 1.165) is 36.6 Å². The Balaban J connectivity index is 1.93. The lowest BCUT2D eigenvalue weighted by molar-refractivity contribution is 0.741. The summed E-state index contributed by atoms with van der Waals surface area (Å²) in [6, 6.07) is 0.560. The zero-order valence-electron chi connectivity index (χ0n) is 11.4. The molecule has 0 atom stereocenters. The predicted molar refractivity (Wildman–Crippen MR) is 77.3 cm³/mol. The Morgan fingerprint density at radius 1 is 1.21 bits per heavy atom. The van der Waals surface area contributed by atoms with Gasteiger partial charge >= 0.3 is 0 Å². The van der Waals surface area contributed by atoms with Crippen molar-refractivity contribution in [3.05, 3.63) is 11.5 Å². The molecule has 2 aliphatic rings. The second kappa shape index (κ2) is 5.48. The van der Waals surface area contributed by atoms with Crippen LogP contribution in [0.15, 0.2) is 0 Å². The molecule has 0 amide bonds. The standard InChI is InChI=1S/C15H20N4/c1-2-6-13-18-12-9-5-10-16-14(12)15(19-13)17-11-7-3-4-8-11/h11,16H,3-5,7-10H2,1H3,(H,17,18,19). The molecule has 2 heterocycles. The second-order valence-electron chi connectivity index (χ2n) is 5.25. The van der Waals surface area contributed by atoms with Gasteiger partial charge in [-0.05, 0) is 38.5 Å². The van der Waals surface area contributed by atoms with Gasteiger partial charge in [0.15, 0.2) is 5.82 Å². The van der Waals surface area contributed by atoms with Crippen LogP contribution in [0.2, 0.25) is 0 Å². The van der Waals surface area contributed by atoms with E-state index < -0.39 is 0 Å². The van der Waals surface area contributed by atoms with Crippen LogP contribution in [0, 0.1) is 11.8 Å². The molecule has 4 nitrogen and oxygen atoms in total. The maximum atomic E-state index is 4.58. The quantitative estimate of drug-likeness (QED) is 0.798. The predicted octanol–water partition coefficient (Wildman–Crippen LogP) is 2.56. The number of fused-ring (bicyclic) bond motifs is 1. The van der Waals surface area contributed by atoms with E-state index in [1.54, 1.807) is 0 Å². The summed E-state index contributed by atoms with van der Waals surface area (Å²) in [5, 5.41) is 7.03. The van der Waals surface area contributed by atoms with Crippen LogP contribution >= 0.6 is 0 Å². The van der Waals surface area contributed by atoms with Gasteiger partial charge in [0.2, 0.25) is 5.82 Å². The van der Waals surface area contributed by atoms with E-state index in [4.69, 9.17) is 0 Å². The van der Waals surface area contributed by atoms with Crippen molar-refractivity contribution in [2.24, 2.45) is 0 Å². The number of hydrogen-bond acceptors (Lipinski definition) is 4. The fraction of sp³-hybridized carbons (Fsp3) is 0.600. The largest absolute Gasteiger partial charge is 0.381 e. The number of aromatic nitrogens is 2. The lowest BCUT2D eigenvalue weighted by Crippen LogP contribution is -2.22. The molecule has 0 spiro atoms. The topological polar surface area (TPSA) is 49.8 Å². The Morgan fingerprint density at radius 3 is 2.84 bits per heavy atom. The maximum absolute atomic E-state index is 4.58. The molecule has 0 unspecified atom stereocenters. The minimum absolute atomic E-state index is 0.560. The minimum Gasteiger partial charge on any atom is -0.381 e. The molecule has 2 N–H and O–H groups in total. The number of rotatable bonds is 2. The summed E-state index contributed by atoms with van der Waals surface area (Å²) in [6.45, 7) is 2.83. The van der Waals surface area contributed by atoms with Crippen molar-refractivity contribution in [1.82, 2.24) is 9.97 Å². The first-order chi connectivity index (χ1) is 9.36. The molecule has 1 aliphatic heterocycles. The van der Waals surface area contributed by atoms with Gasteiger partial charge in [0.25, 0.3) is 0 Å². The third-order valence-electron chi connectivity index (χ3n) is 3.81. The van der Waals surface area contributed by atoms with Crippen molar-refractivity contribution in [2.75, 3.05) is 17.2 Å². The minimum atomic E-state index is 0.560. The number of nitrogens with zero attached hydrogens (tertiary/aromatic N) is 2. The smallest absolute Gasteiger partial charge is 0.207 e. The Hall–Kier alpha value is -1.76. The van der Waals surface area contributed by atoms with E-state index in [2.05, 4.69) is 32.4 Å². The van der Waals surface area contributed by atoms with E-state index in [9.17, 15) is 0 Å². The molecule has 1 saturated carbocycles. The highest BCUT2D eigenvalue weighted by Crippen LogP contribution is 2.30. The second-order valence-corrected chi connectivity index (χ2v) is 5.25. The molecule has 100 valence electrons. The number of hydrogen-bond donors (Lipinski definition) is 2. The van der Waals surface area contributed by atoms with E-state index in [1.807, 2.05) is 6.92 Å². The summed E-state index contributed by atoms with van der Waals surface area (Å²) in [6.07, 6.45) is 7.27. The molecule has 1 aromatic rings. The van der Waals surface area contributed by atoms with Gasteiger partial charge in [-0.25, -0.2) is 9.97 Å². The van der Waals surface area contributed by atoms with Crippen LogP contribution in [-0.4, -0.2) is 22.6 Å². The fourth-order valence-corrected chi connectivity index (χ4v) is 2.88. The normalized spacial score (nSPS) is 18.2. The molecule has 0 bridgehead atoms. The van der Waals surface area contributed by atoms with Crippen LogP contribution < -0.4 is 10.6 Å². The molecule has 1 fully saturated rings. The van der Waals surface area contributed by atoms with Crippen LogP contribution in [0.25, 0.3) is 0 Å². The van der Waals surface area contributed by atoms with Crippen LogP contribution in [0.4, 0.5) is 11.5 Å². The van der Waals surface area contributed by atoms with Gasteiger partial charge in [-0.15, -0.1) is 0 Å². The average molecular weight is 256 g/mol. The Bertz CT molecular complexity index is 521. The van der Waals surface area contributed by atoms with Gasteiger partial charge in [0, 0.05) is 12.6 Å². The van der Waals surface area contributed by atoms with Gasteiger partial charge in [-0.1, -0.05) is 18.8 Å². The molecule has 3 rings (SSSR count). The van der Waals surface area contributed by atoms with Crippen LogP contribution in [0.3, 0.4) is 0 Å². The molecule has 1 aromatic heterocycles. The fourth-order valence-electron chi connectivity index (χ4n) is 2.88. The maximum Gasteiger partial charge on any atom is 0.207 e. The van der Waals surface area contributed by atoms with Crippen LogP contribution in [0.5, 0.6) is 0 Å². The summed E-state index contributed by atoms with van der Waals surface area (Å²) >= 11 is 0. The monoisotopic (exact) mass is 256 g/mol. The van der Waals surface area contributed by atoms with Gasteiger partial charge in [-0.3, -0.25) is 0 Å². The van der Waals surface area contributed by atoms with Crippen molar-refractivity contribution in [1.29, 1.82) is 0 Å². The van der Waals surface area contributed by atoms with Crippen molar-refractivity contribution in [3.63, 3.8) is 0 Å². The molecular weight excluding hydrogens is 236 g/mol. The van der Waals surface area contributed by atoms with E-state index >= 15 is 0 Å². The third kappa shape index (κ3) is 2.65. The highest BCUT2D eigenvalue weighted by Gasteiger charge is 2.21. The summed E-state index contributed by atoms with van der Waals surface area (Å²) in [5.41, 5.74) is 2.21. The Morgan fingerprint density at radius 2 is 2.05 bits per heavy atom.